The maximum atomic E-state index is 12.7. The molecular weight excluding hydrogens is 310 g/mol. The molecule has 2 heterocycles. The lowest BCUT2D eigenvalue weighted by Crippen LogP contribution is -2.35. The molecule has 0 aliphatic heterocycles. The molecule has 8 heteroatoms. The number of aromatic nitrogens is 3. The first-order valence-electron chi connectivity index (χ1n) is 7.84. The minimum absolute atomic E-state index is 0.0160. The average molecular weight is 329 g/mol. The summed E-state index contributed by atoms with van der Waals surface area (Å²) in [4.78, 5) is 29.2. The zero-order valence-electron chi connectivity index (χ0n) is 13.7. The van der Waals surface area contributed by atoms with Crippen molar-refractivity contribution < 1.29 is 9.72 Å². The quantitative estimate of drug-likeness (QED) is 0.597. The summed E-state index contributed by atoms with van der Waals surface area (Å²) in [5.74, 6) is -0.0742. The Morgan fingerprint density at radius 1 is 1.38 bits per heavy atom. The summed E-state index contributed by atoms with van der Waals surface area (Å²) >= 11 is 0. The Labute approximate surface area is 139 Å². The van der Waals surface area contributed by atoms with Gasteiger partial charge < -0.3 is 4.90 Å². The molecule has 24 heavy (non-hydrogen) atoms. The van der Waals surface area contributed by atoms with Gasteiger partial charge >= 0.3 is 5.69 Å². The van der Waals surface area contributed by atoms with Crippen molar-refractivity contribution in [2.24, 2.45) is 0 Å². The summed E-state index contributed by atoms with van der Waals surface area (Å²) in [6.07, 6.45) is 5.40. The van der Waals surface area contributed by atoms with Gasteiger partial charge in [-0.1, -0.05) is 0 Å². The Hall–Kier alpha value is -2.77. The Morgan fingerprint density at radius 2 is 2.04 bits per heavy atom. The van der Waals surface area contributed by atoms with Gasteiger partial charge in [0.25, 0.3) is 0 Å². The second-order valence-corrected chi connectivity index (χ2v) is 6.04. The molecule has 2 aromatic heterocycles. The van der Waals surface area contributed by atoms with E-state index < -0.39 is 4.92 Å². The van der Waals surface area contributed by atoms with E-state index in [4.69, 9.17) is 0 Å². The van der Waals surface area contributed by atoms with Crippen molar-refractivity contribution in [3.05, 3.63) is 51.6 Å². The van der Waals surface area contributed by atoms with Crippen LogP contribution in [0.4, 0.5) is 5.69 Å². The van der Waals surface area contributed by atoms with Crippen LogP contribution >= 0.6 is 0 Å². The van der Waals surface area contributed by atoms with Gasteiger partial charge in [0.05, 0.1) is 4.92 Å². The second-order valence-electron chi connectivity index (χ2n) is 6.04. The van der Waals surface area contributed by atoms with Crippen LogP contribution in [0.25, 0.3) is 0 Å². The van der Waals surface area contributed by atoms with Crippen LogP contribution < -0.4 is 0 Å². The molecule has 0 unspecified atom stereocenters. The van der Waals surface area contributed by atoms with Crippen molar-refractivity contribution >= 4 is 11.6 Å². The number of amides is 1. The van der Waals surface area contributed by atoms with Gasteiger partial charge in [-0.2, -0.15) is 5.10 Å². The average Bonchev–Trinajstić information content (AvgIpc) is 3.33. The molecule has 1 aliphatic carbocycles. The Morgan fingerprint density at radius 3 is 2.58 bits per heavy atom. The van der Waals surface area contributed by atoms with Crippen LogP contribution in [0.1, 0.15) is 29.8 Å². The normalized spacial score (nSPS) is 13.8. The van der Waals surface area contributed by atoms with Gasteiger partial charge in [0.1, 0.15) is 17.9 Å². The molecule has 3 rings (SSSR count). The SMILES string of the molecule is Cc1nn(CC(=O)N(Cc2ccncc2)C2CC2)c(C)c1[N+](=O)[O-]. The lowest BCUT2D eigenvalue weighted by atomic mass is 10.2. The molecule has 0 radical (unpaired) electrons. The minimum Gasteiger partial charge on any atom is -0.334 e. The summed E-state index contributed by atoms with van der Waals surface area (Å²) < 4.78 is 1.43. The van der Waals surface area contributed by atoms with Crippen LogP contribution in [-0.4, -0.2) is 36.5 Å². The van der Waals surface area contributed by atoms with Crippen molar-refractivity contribution in [2.45, 2.75) is 45.8 Å². The molecule has 0 N–H and O–H groups in total. The number of rotatable bonds is 6. The highest BCUT2D eigenvalue weighted by molar-refractivity contribution is 5.77. The van der Waals surface area contributed by atoms with E-state index in [0.29, 0.717) is 17.9 Å². The number of carbonyl (C=O) groups excluding carboxylic acids is 1. The molecule has 0 saturated heterocycles. The number of aryl methyl sites for hydroxylation is 1. The summed E-state index contributed by atoms with van der Waals surface area (Å²) in [5, 5.41) is 15.2. The summed E-state index contributed by atoms with van der Waals surface area (Å²) in [6.45, 7) is 3.74. The highest BCUT2D eigenvalue weighted by atomic mass is 16.6. The van der Waals surface area contributed by atoms with E-state index in [1.807, 2.05) is 17.0 Å². The van der Waals surface area contributed by atoms with E-state index in [2.05, 4.69) is 10.1 Å². The fraction of sp³-hybridized carbons (Fsp3) is 0.438. The van der Waals surface area contributed by atoms with E-state index in [1.165, 1.54) is 4.68 Å². The Balaban J connectivity index is 1.77. The third-order valence-corrected chi connectivity index (χ3v) is 4.22. The van der Waals surface area contributed by atoms with Crippen molar-refractivity contribution in [2.75, 3.05) is 0 Å². The van der Waals surface area contributed by atoms with Crippen LogP contribution in [0.15, 0.2) is 24.5 Å². The minimum atomic E-state index is -0.450. The smallest absolute Gasteiger partial charge is 0.312 e. The molecule has 1 aliphatic rings. The van der Waals surface area contributed by atoms with Crippen LogP contribution in [-0.2, 0) is 17.9 Å². The van der Waals surface area contributed by atoms with Gasteiger partial charge in [-0.15, -0.1) is 0 Å². The van der Waals surface area contributed by atoms with Gasteiger partial charge in [-0.3, -0.25) is 24.6 Å². The number of nitrogens with zero attached hydrogens (tertiary/aromatic N) is 5. The first kappa shape index (κ1) is 16.1. The summed E-state index contributed by atoms with van der Waals surface area (Å²) in [6, 6.07) is 4.02. The zero-order valence-corrected chi connectivity index (χ0v) is 13.7. The van der Waals surface area contributed by atoms with Gasteiger partial charge in [0, 0.05) is 25.0 Å². The molecule has 1 amide bonds. The zero-order chi connectivity index (χ0) is 17.3. The molecule has 126 valence electrons. The maximum absolute atomic E-state index is 12.7. The van der Waals surface area contributed by atoms with E-state index in [0.717, 1.165) is 18.4 Å². The fourth-order valence-electron chi connectivity index (χ4n) is 2.82. The number of carbonyl (C=O) groups is 1. The third kappa shape index (κ3) is 3.27. The second kappa shape index (κ2) is 6.38. The Bertz CT molecular complexity index is 768. The summed E-state index contributed by atoms with van der Waals surface area (Å²) in [7, 11) is 0. The standard InChI is InChI=1S/C16H19N5O3/c1-11-16(21(23)24)12(2)20(18-11)10-15(22)19(14-3-4-14)9-13-5-7-17-8-6-13/h5-8,14H,3-4,9-10H2,1-2H3. The van der Waals surface area contributed by atoms with Gasteiger partial charge in [-0.25, -0.2) is 0 Å². The van der Waals surface area contributed by atoms with Crippen molar-refractivity contribution in [1.29, 1.82) is 0 Å². The van der Waals surface area contributed by atoms with Crippen molar-refractivity contribution in [3.8, 4) is 0 Å². The third-order valence-electron chi connectivity index (χ3n) is 4.22. The lowest BCUT2D eigenvalue weighted by Gasteiger charge is -2.22. The number of pyridine rings is 1. The fourth-order valence-corrected chi connectivity index (χ4v) is 2.82. The molecule has 2 aromatic rings. The van der Waals surface area contributed by atoms with Crippen molar-refractivity contribution in [1.82, 2.24) is 19.7 Å². The topological polar surface area (TPSA) is 94.2 Å². The molecule has 0 aromatic carbocycles. The number of nitro groups is 1. The molecule has 8 nitrogen and oxygen atoms in total. The predicted octanol–water partition coefficient (Wildman–Crippen LogP) is 1.99. The molecule has 0 bridgehead atoms. The number of hydrogen-bond donors (Lipinski definition) is 0. The van der Waals surface area contributed by atoms with Crippen molar-refractivity contribution in [3.63, 3.8) is 0 Å². The summed E-state index contributed by atoms with van der Waals surface area (Å²) in [5.41, 5.74) is 1.74. The van der Waals surface area contributed by atoms with E-state index in [-0.39, 0.29) is 24.2 Å². The van der Waals surface area contributed by atoms with E-state index >= 15 is 0 Å². The molecule has 0 spiro atoms. The molecule has 0 atom stereocenters. The van der Waals surface area contributed by atoms with E-state index in [9.17, 15) is 14.9 Å². The highest BCUT2D eigenvalue weighted by Crippen LogP contribution is 2.29. The number of hydrogen-bond acceptors (Lipinski definition) is 5. The van der Waals surface area contributed by atoms with Crippen LogP contribution in [0.3, 0.4) is 0 Å². The highest BCUT2D eigenvalue weighted by Gasteiger charge is 2.33. The van der Waals surface area contributed by atoms with Crippen LogP contribution in [0.5, 0.6) is 0 Å². The first-order chi connectivity index (χ1) is 11.5. The van der Waals surface area contributed by atoms with Crippen LogP contribution in [0, 0.1) is 24.0 Å². The molecular formula is C16H19N5O3. The maximum Gasteiger partial charge on any atom is 0.312 e. The predicted molar refractivity (Wildman–Crippen MR) is 86.2 cm³/mol. The lowest BCUT2D eigenvalue weighted by molar-refractivity contribution is -0.386. The van der Waals surface area contributed by atoms with Gasteiger partial charge in [0.2, 0.25) is 5.91 Å². The molecule has 1 fully saturated rings. The Kier molecular flexibility index (Phi) is 4.28. The van der Waals surface area contributed by atoms with Gasteiger partial charge in [0.15, 0.2) is 0 Å². The first-order valence-corrected chi connectivity index (χ1v) is 7.84. The van der Waals surface area contributed by atoms with Crippen LogP contribution in [0.2, 0.25) is 0 Å². The largest absolute Gasteiger partial charge is 0.334 e. The molecule has 1 saturated carbocycles. The monoisotopic (exact) mass is 329 g/mol. The van der Waals surface area contributed by atoms with Gasteiger partial charge in [-0.05, 0) is 44.4 Å². The van der Waals surface area contributed by atoms with E-state index in [1.54, 1.807) is 26.2 Å².